The van der Waals surface area contributed by atoms with Crippen molar-refractivity contribution in [3.63, 3.8) is 0 Å². The summed E-state index contributed by atoms with van der Waals surface area (Å²) in [5.74, 6) is 0.235. The molecule has 0 radical (unpaired) electrons. The van der Waals surface area contributed by atoms with Gasteiger partial charge in [-0.25, -0.2) is 0 Å². The second-order valence-electron chi connectivity index (χ2n) is 3.85. The lowest BCUT2D eigenvalue weighted by molar-refractivity contribution is 0.191. The first-order valence-corrected chi connectivity index (χ1v) is 5.51. The number of aromatic hydroxyl groups is 1. The third kappa shape index (κ3) is 3.23. The van der Waals surface area contributed by atoms with Crippen LogP contribution in [-0.4, -0.2) is 16.8 Å². The number of hydrogen-bond acceptors (Lipinski definition) is 3. The third-order valence-electron chi connectivity index (χ3n) is 2.55. The molecule has 3 heteroatoms. The SMILES string of the molecule is Oc1ccc(NCC(O)c2ccccc2)cc1. The van der Waals surface area contributed by atoms with E-state index in [4.69, 9.17) is 5.11 Å². The number of anilines is 1. The van der Waals surface area contributed by atoms with Crippen molar-refractivity contribution in [1.82, 2.24) is 0 Å². The largest absolute Gasteiger partial charge is 0.508 e. The predicted octanol–water partition coefficient (Wildman–Crippen LogP) is 2.54. The molecule has 0 aliphatic heterocycles. The van der Waals surface area contributed by atoms with Crippen LogP contribution in [0.4, 0.5) is 5.69 Å². The number of hydrogen-bond donors (Lipinski definition) is 3. The van der Waals surface area contributed by atoms with Crippen molar-refractivity contribution in [2.45, 2.75) is 6.10 Å². The summed E-state index contributed by atoms with van der Waals surface area (Å²) in [6.07, 6.45) is -0.537. The molecule has 0 aliphatic carbocycles. The first kappa shape index (κ1) is 11.5. The van der Waals surface area contributed by atoms with Crippen molar-refractivity contribution in [1.29, 1.82) is 0 Å². The Morgan fingerprint density at radius 1 is 0.941 bits per heavy atom. The molecule has 2 aromatic rings. The highest BCUT2D eigenvalue weighted by atomic mass is 16.3. The van der Waals surface area contributed by atoms with Gasteiger partial charge in [0.25, 0.3) is 0 Å². The summed E-state index contributed by atoms with van der Waals surface area (Å²) in [4.78, 5) is 0. The average molecular weight is 229 g/mol. The molecule has 0 fully saturated rings. The van der Waals surface area contributed by atoms with E-state index in [1.165, 1.54) is 0 Å². The van der Waals surface area contributed by atoms with Crippen molar-refractivity contribution in [3.8, 4) is 5.75 Å². The minimum atomic E-state index is -0.537. The maximum Gasteiger partial charge on any atom is 0.115 e. The fraction of sp³-hybridized carbons (Fsp3) is 0.143. The molecule has 1 unspecified atom stereocenters. The summed E-state index contributed by atoms with van der Waals surface area (Å²) in [7, 11) is 0. The fourth-order valence-electron chi connectivity index (χ4n) is 1.59. The maximum absolute atomic E-state index is 9.92. The molecule has 0 aliphatic rings. The van der Waals surface area contributed by atoms with Gasteiger partial charge in [-0.2, -0.15) is 0 Å². The summed E-state index contributed by atoms with van der Waals surface area (Å²) < 4.78 is 0. The molecular weight excluding hydrogens is 214 g/mol. The molecule has 0 amide bonds. The zero-order valence-electron chi connectivity index (χ0n) is 9.38. The Kier molecular flexibility index (Phi) is 3.62. The van der Waals surface area contributed by atoms with Gasteiger partial charge in [-0.1, -0.05) is 30.3 Å². The van der Waals surface area contributed by atoms with E-state index in [1.54, 1.807) is 24.3 Å². The molecule has 2 aromatic carbocycles. The van der Waals surface area contributed by atoms with Crippen molar-refractivity contribution >= 4 is 5.69 Å². The number of rotatable bonds is 4. The maximum atomic E-state index is 9.92. The van der Waals surface area contributed by atoms with Crippen LogP contribution in [-0.2, 0) is 0 Å². The van der Waals surface area contributed by atoms with Crippen molar-refractivity contribution in [3.05, 3.63) is 60.2 Å². The monoisotopic (exact) mass is 229 g/mol. The Bertz CT molecular complexity index is 453. The number of aliphatic hydroxyl groups excluding tert-OH is 1. The minimum Gasteiger partial charge on any atom is -0.508 e. The summed E-state index contributed by atoms with van der Waals surface area (Å²) in [6.45, 7) is 0.439. The van der Waals surface area contributed by atoms with Gasteiger partial charge >= 0.3 is 0 Å². The lowest BCUT2D eigenvalue weighted by Crippen LogP contribution is -2.11. The molecule has 0 saturated heterocycles. The summed E-state index contributed by atoms with van der Waals surface area (Å²) in [5.41, 5.74) is 1.76. The lowest BCUT2D eigenvalue weighted by atomic mass is 10.1. The summed E-state index contributed by atoms with van der Waals surface area (Å²) >= 11 is 0. The number of nitrogens with one attached hydrogen (secondary N) is 1. The lowest BCUT2D eigenvalue weighted by Gasteiger charge is -2.13. The fourth-order valence-corrected chi connectivity index (χ4v) is 1.59. The standard InChI is InChI=1S/C14H15NO2/c16-13-8-6-12(7-9-13)15-10-14(17)11-4-2-1-3-5-11/h1-9,14-17H,10H2. The van der Waals surface area contributed by atoms with Gasteiger partial charge in [0.2, 0.25) is 0 Å². The quantitative estimate of drug-likeness (QED) is 0.706. The van der Waals surface area contributed by atoms with Crippen LogP contribution in [0.2, 0.25) is 0 Å². The van der Waals surface area contributed by atoms with Crippen LogP contribution in [0, 0.1) is 0 Å². The normalized spacial score (nSPS) is 12.1. The van der Waals surface area contributed by atoms with Crippen molar-refractivity contribution in [2.24, 2.45) is 0 Å². The van der Waals surface area contributed by atoms with E-state index >= 15 is 0 Å². The van der Waals surface area contributed by atoms with Crippen molar-refractivity contribution in [2.75, 3.05) is 11.9 Å². The molecule has 0 spiro atoms. The molecule has 0 aromatic heterocycles. The van der Waals surface area contributed by atoms with E-state index in [1.807, 2.05) is 30.3 Å². The van der Waals surface area contributed by atoms with Crippen LogP contribution >= 0.6 is 0 Å². The second kappa shape index (κ2) is 5.37. The van der Waals surface area contributed by atoms with Crippen LogP contribution in [0.1, 0.15) is 11.7 Å². The summed E-state index contributed by atoms with van der Waals surface area (Å²) in [5, 5.41) is 22.2. The molecule has 0 heterocycles. The highest BCUT2D eigenvalue weighted by molar-refractivity contribution is 5.46. The first-order valence-electron chi connectivity index (χ1n) is 5.51. The van der Waals surface area contributed by atoms with E-state index in [-0.39, 0.29) is 5.75 Å². The van der Waals surface area contributed by atoms with Gasteiger partial charge in [0, 0.05) is 12.2 Å². The first-order chi connectivity index (χ1) is 8.25. The predicted molar refractivity (Wildman–Crippen MR) is 68.0 cm³/mol. The van der Waals surface area contributed by atoms with E-state index in [0.29, 0.717) is 6.54 Å². The van der Waals surface area contributed by atoms with E-state index in [2.05, 4.69) is 5.32 Å². The number of phenols is 1. The molecule has 0 saturated carbocycles. The van der Waals surface area contributed by atoms with E-state index in [9.17, 15) is 5.11 Å². The van der Waals surface area contributed by atoms with Crippen LogP contribution in [0.5, 0.6) is 5.75 Å². The van der Waals surface area contributed by atoms with E-state index in [0.717, 1.165) is 11.3 Å². The Morgan fingerprint density at radius 2 is 1.59 bits per heavy atom. The zero-order chi connectivity index (χ0) is 12.1. The molecule has 3 N–H and O–H groups in total. The highest BCUT2D eigenvalue weighted by Gasteiger charge is 2.05. The molecule has 1 atom stereocenters. The van der Waals surface area contributed by atoms with Crippen LogP contribution < -0.4 is 5.32 Å². The smallest absolute Gasteiger partial charge is 0.115 e. The highest BCUT2D eigenvalue weighted by Crippen LogP contribution is 2.16. The molecule has 3 nitrogen and oxygen atoms in total. The number of phenolic OH excluding ortho intramolecular Hbond substituents is 1. The van der Waals surface area contributed by atoms with Gasteiger partial charge in [0.15, 0.2) is 0 Å². The Morgan fingerprint density at radius 3 is 2.24 bits per heavy atom. The van der Waals surface area contributed by atoms with Crippen LogP contribution in [0.15, 0.2) is 54.6 Å². The van der Waals surface area contributed by atoms with Gasteiger partial charge in [0.05, 0.1) is 6.10 Å². The second-order valence-corrected chi connectivity index (χ2v) is 3.85. The molecular formula is C14H15NO2. The third-order valence-corrected chi connectivity index (χ3v) is 2.55. The zero-order valence-corrected chi connectivity index (χ0v) is 9.38. The molecule has 88 valence electrons. The molecule has 2 rings (SSSR count). The van der Waals surface area contributed by atoms with Gasteiger partial charge in [-0.05, 0) is 29.8 Å². The van der Waals surface area contributed by atoms with Gasteiger partial charge in [0.1, 0.15) is 5.75 Å². The van der Waals surface area contributed by atoms with Gasteiger partial charge < -0.3 is 15.5 Å². The Balaban J connectivity index is 1.92. The Labute approximate surface area is 100 Å². The van der Waals surface area contributed by atoms with Crippen LogP contribution in [0.25, 0.3) is 0 Å². The topological polar surface area (TPSA) is 52.5 Å². The van der Waals surface area contributed by atoms with E-state index < -0.39 is 6.10 Å². The number of benzene rings is 2. The molecule has 17 heavy (non-hydrogen) atoms. The minimum absolute atomic E-state index is 0.235. The van der Waals surface area contributed by atoms with Crippen LogP contribution in [0.3, 0.4) is 0 Å². The molecule has 0 bridgehead atoms. The summed E-state index contributed by atoms with van der Waals surface area (Å²) in [6, 6.07) is 16.3. The van der Waals surface area contributed by atoms with Gasteiger partial charge in [-0.3, -0.25) is 0 Å². The van der Waals surface area contributed by atoms with Crippen molar-refractivity contribution < 1.29 is 10.2 Å². The Hall–Kier alpha value is -2.00. The number of aliphatic hydroxyl groups is 1. The average Bonchev–Trinajstić information content (AvgIpc) is 2.39. The van der Waals surface area contributed by atoms with Gasteiger partial charge in [-0.15, -0.1) is 0 Å².